The summed E-state index contributed by atoms with van der Waals surface area (Å²) in [6, 6.07) is 1.60. The van der Waals surface area contributed by atoms with Gasteiger partial charge in [-0.25, -0.2) is 14.8 Å². The third-order valence-corrected chi connectivity index (χ3v) is 3.45. The summed E-state index contributed by atoms with van der Waals surface area (Å²) in [6.07, 6.45) is 1.29. The van der Waals surface area contributed by atoms with Crippen molar-refractivity contribution in [3.8, 4) is 0 Å². The van der Waals surface area contributed by atoms with E-state index >= 15 is 0 Å². The van der Waals surface area contributed by atoms with Crippen LogP contribution in [0, 0.1) is 0 Å². The first-order valence-corrected chi connectivity index (χ1v) is 8.12. The molecule has 1 aliphatic heterocycles. The van der Waals surface area contributed by atoms with Gasteiger partial charge in [-0.2, -0.15) is 0 Å². The Hall–Kier alpha value is -2.38. The first-order valence-electron chi connectivity index (χ1n) is 8.12. The van der Waals surface area contributed by atoms with Crippen LogP contribution in [0.15, 0.2) is 12.3 Å². The number of hydrogen-bond donors (Lipinski definition) is 1. The number of nitrogens with one attached hydrogen (secondary N) is 1. The summed E-state index contributed by atoms with van der Waals surface area (Å²) in [5.74, 6) is 0.274. The zero-order chi connectivity index (χ0) is 17.7. The molecule has 2 amide bonds. The number of aromatic nitrogens is 2. The fraction of sp³-hybridized carbons (Fsp3) is 0.625. The van der Waals surface area contributed by atoms with Gasteiger partial charge in [-0.05, 0) is 33.8 Å². The molecule has 24 heavy (non-hydrogen) atoms. The van der Waals surface area contributed by atoms with Gasteiger partial charge in [-0.3, -0.25) is 4.79 Å². The molecule has 1 fully saturated rings. The molecule has 132 valence electrons. The fourth-order valence-corrected chi connectivity index (χ4v) is 2.34. The number of carbonyl (C=O) groups is 2. The smallest absolute Gasteiger partial charge is 0.409 e. The number of amides is 2. The normalized spacial score (nSPS) is 15.2. The van der Waals surface area contributed by atoms with E-state index in [0.717, 1.165) is 0 Å². The molecule has 0 spiro atoms. The maximum absolute atomic E-state index is 12.2. The highest BCUT2D eigenvalue weighted by atomic mass is 16.6. The monoisotopic (exact) mass is 335 g/mol. The Balaban J connectivity index is 2.00. The molecule has 1 aliphatic rings. The Morgan fingerprint density at radius 2 is 1.92 bits per heavy atom. The van der Waals surface area contributed by atoms with Crippen LogP contribution in [0.4, 0.5) is 10.7 Å². The van der Waals surface area contributed by atoms with Gasteiger partial charge in [0.1, 0.15) is 5.69 Å². The molecule has 8 heteroatoms. The van der Waals surface area contributed by atoms with Gasteiger partial charge < -0.3 is 19.9 Å². The van der Waals surface area contributed by atoms with Crippen LogP contribution in [0.3, 0.4) is 0 Å². The zero-order valence-corrected chi connectivity index (χ0v) is 14.7. The van der Waals surface area contributed by atoms with E-state index in [1.54, 1.807) is 24.1 Å². The van der Waals surface area contributed by atoms with Gasteiger partial charge in [-0.1, -0.05) is 0 Å². The number of nitrogens with zero attached hydrogens (tertiary/aromatic N) is 4. The molecule has 0 radical (unpaired) electrons. The lowest BCUT2D eigenvalue weighted by molar-refractivity contribution is 0.0914. The highest BCUT2D eigenvalue weighted by Crippen LogP contribution is 2.12. The topological polar surface area (TPSA) is 87.7 Å². The minimum absolute atomic E-state index is 0.226. The van der Waals surface area contributed by atoms with Gasteiger partial charge in [0.15, 0.2) is 0 Å². The molecule has 0 bridgehead atoms. The van der Waals surface area contributed by atoms with Crippen molar-refractivity contribution < 1.29 is 14.3 Å². The van der Waals surface area contributed by atoms with Crippen molar-refractivity contribution in [3.05, 3.63) is 18.0 Å². The molecule has 2 rings (SSSR count). The van der Waals surface area contributed by atoms with Crippen LogP contribution in [-0.4, -0.2) is 65.2 Å². The molecule has 0 unspecified atom stereocenters. The molecule has 0 saturated carbocycles. The highest BCUT2D eigenvalue weighted by Gasteiger charge is 2.24. The Morgan fingerprint density at radius 3 is 2.50 bits per heavy atom. The first-order chi connectivity index (χ1) is 11.3. The summed E-state index contributed by atoms with van der Waals surface area (Å²) in [4.78, 5) is 36.2. The van der Waals surface area contributed by atoms with Gasteiger partial charge in [0.2, 0.25) is 5.95 Å². The standard InChI is InChI=1S/C16H25N5O3/c1-5-24-15(23)21-10-8-20(9-11-21)14-17-7-6-12(18-14)13(22)19-16(2,3)4/h6-7H,5,8-11H2,1-4H3,(H,19,22). The largest absolute Gasteiger partial charge is 0.450 e. The van der Waals surface area contributed by atoms with Gasteiger partial charge in [0.25, 0.3) is 5.91 Å². The lowest BCUT2D eigenvalue weighted by Crippen LogP contribution is -2.49. The van der Waals surface area contributed by atoms with Crippen LogP contribution in [-0.2, 0) is 4.74 Å². The average Bonchev–Trinajstić information content (AvgIpc) is 2.54. The van der Waals surface area contributed by atoms with E-state index < -0.39 is 0 Å². The summed E-state index contributed by atoms with van der Waals surface area (Å²) in [5.41, 5.74) is 0.00995. The summed E-state index contributed by atoms with van der Waals surface area (Å²) in [6.45, 7) is 10.2. The van der Waals surface area contributed by atoms with Crippen LogP contribution in [0.1, 0.15) is 38.2 Å². The summed E-state index contributed by atoms with van der Waals surface area (Å²) in [7, 11) is 0. The van der Waals surface area contributed by atoms with Crippen LogP contribution in [0.2, 0.25) is 0 Å². The average molecular weight is 335 g/mol. The van der Waals surface area contributed by atoms with E-state index in [0.29, 0.717) is 44.4 Å². The molecule has 1 aromatic rings. The molecule has 1 aromatic heterocycles. The van der Waals surface area contributed by atoms with Crippen molar-refractivity contribution in [1.29, 1.82) is 0 Å². The van der Waals surface area contributed by atoms with E-state index in [1.807, 2.05) is 25.7 Å². The van der Waals surface area contributed by atoms with Crippen molar-refractivity contribution >= 4 is 17.9 Å². The Kier molecular flexibility index (Phi) is 5.58. The summed E-state index contributed by atoms with van der Waals surface area (Å²) >= 11 is 0. The number of anilines is 1. The molecule has 1 N–H and O–H groups in total. The van der Waals surface area contributed by atoms with E-state index in [9.17, 15) is 9.59 Å². The predicted octanol–water partition coefficient (Wildman–Crippen LogP) is 1.28. The third-order valence-electron chi connectivity index (χ3n) is 3.45. The van der Waals surface area contributed by atoms with Gasteiger partial charge in [0, 0.05) is 37.9 Å². The minimum Gasteiger partial charge on any atom is -0.450 e. The number of rotatable bonds is 3. The third kappa shape index (κ3) is 4.81. The molecular formula is C16H25N5O3. The van der Waals surface area contributed by atoms with E-state index in [1.165, 1.54) is 0 Å². The van der Waals surface area contributed by atoms with E-state index in [-0.39, 0.29) is 17.5 Å². The lowest BCUT2D eigenvalue weighted by atomic mass is 10.1. The maximum atomic E-state index is 12.2. The number of hydrogen-bond acceptors (Lipinski definition) is 6. The second-order valence-corrected chi connectivity index (χ2v) is 6.62. The van der Waals surface area contributed by atoms with Gasteiger partial charge in [0.05, 0.1) is 6.61 Å². The molecule has 0 aromatic carbocycles. The van der Waals surface area contributed by atoms with Crippen molar-refractivity contribution in [3.63, 3.8) is 0 Å². The summed E-state index contributed by atoms with van der Waals surface area (Å²) < 4.78 is 5.00. The minimum atomic E-state index is -0.326. The number of carbonyl (C=O) groups excluding carboxylic acids is 2. The SMILES string of the molecule is CCOC(=O)N1CCN(c2nccc(C(=O)NC(C)(C)C)n2)CC1. The van der Waals surface area contributed by atoms with Crippen LogP contribution in [0.25, 0.3) is 0 Å². The van der Waals surface area contributed by atoms with E-state index in [2.05, 4.69) is 15.3 Å². The predicted molar refractivity (Wildman–Crippen MR) is 90.1 cm³/mol. The fourth-order valence-electron chi connectivity index (χ4n) is 2.34. The second kappa shape index (κ2) is 7.46. The highest BCUT2D eigenvalue weighted by molar-refractivity contribution is 5.92. The van der Waals surface area contributed by atoms with Crippen LogP contribution in [0.5, 0.6) is 0 Å². The molecule has 8 nitrogen and oxygen atoms in total. The molecule has 1 saturated heterocycles. The van der Waals surface area contributed by atoms with Crippen molar-refractivity contribution in [2.24, 2.45) is 0 Å². The Bertz CT molecular complexity index is 592. The van der Waals surface area contributed by atoms with Crippen molar-refractivity contribution in [2.75, 3.05) is 37.7 Å². The molecule has 2 heterocycles. The summed E-state index contributed by atoms with van der Waals surface area (Å²) in [5, 5.41) is 2.88. The molecule has 0 aliphatic carbocycles. The quantitative estimate of drug-likeness (QED) is 0.895. The lowest BCUT2D eigenvalue weighted by Gasteiger charge is -2.34. The van der Waals surface area contributed by atoms with Gasteiger partial charge >= 0.3 is 6.09 Å². The first kappa shape index (κ1) is 18.0. The second-order valence-electron chi connectivity index (χ2n) is 6.62. The zero-order valence-electron chi connectivity index (χ0n) is 14.7. The molecule has 0 atom stereocenters. The van der Waals surface area contributed by atoms with Crippen molar-refractivity contribution in [2.45, 2.75) is 33.2 Å². The van der Waals surface area contributed by atoms with Crippen molar-refractivity contribution in [1.82, 2.24) is 20.2 Å². The number of piperazine rings is 1. The molecular weight excluding hydrogens is 310 g/mol. The van der Waals surface area contributed by atoms with Gasteiger partial charge in [-0.15, -0.1) is 0 Å². The van der Waals surface area contributed by atoms with Crippen LogP contribution < -0.4 is 10.2 Å². The maximum Gasteiger partial charge on any atom is 0.409 e. The Labute approximate surface area is 142 Å². The number of ether oxygens (including phenoxy) is 1. The van der Waals surface area contributed by atoms with E-state index in [4.69, 9.17) is 4.74 Å². The Morgan fingerprint density at radius 1 is 1.25 bits per heavy atom. The van der Waals surface area contributed by atoms with Crippen LogP contribution >= 0.6 is 0 Å².